The minimum absolute atomic E-state index is 0.201. The van der Waals surface area contributed by atoms with Crippen molar-refractivity contribution >= 4 is 23.7 Å². The number of aromatic nitrogens is 1. The van der Waals surface area contributed by atoms with Crippen molar-refractivity contribution in [3.05, 3.63) is 58.8 Å². The van der Waals surface area contributed by atoms with E-state index < -0.39 is 29.2 Å². The third-order valence-corrected chi connectivity index (χ3v) is 6.85. The van der Waals surface area contributed by atoms with Crippen molar-refractivity contribution in [2.45, 2.75) is 37.4 Å². The molecule has 3 heterocycles. The van der Waals surface area contributed by atoms with Gasteiger partial charge in [0.05, 0.1) is 0 Å². The maximum Gasteiger partial charge on any atom is 0.425 e. The molecule has 0 bridgehead atoms. The van der Waals surface area contributed by atoms with Crippen LogP contribution in [0, 0.1) is 6.92 Å². The van der Waals surface area contributed by atoms with Gasteiger partial charge in [-0.05, 0) is 54.5 Å². The van der Waals surface area contributed by atoms with E-state index in [0.29, 0.717) is 32.1 Å². The van der Waals surface area contributed by atoms with Crippen molar-refractivity contribution in [2.24, 2.45) is 0 Å². The van der Waals surface area contributed by atoms with Gasteiger partial charge in [-0.15, -0.1) is 0 Å². The van der Waals surface area contributed by atoms with Crippen LogP contribution in [-0.2, 0) is 10.3 Å². The summed E-state index contributed by atoms with van der Waals surface area (Å²) in [5, 5.41) is 3.33. The normalized spacial score (nSPS) is 22.7. The molecule has 1 aromatic carbocycles. The zero-order chi connectivity index (χ0) is 25.0. The first-order chi connectivity index (χ1) is 16.6. The summed E-state index contributed by atoms with van der Waals surface area (Å²) >= 11 is 0. The van der Waals surface area contributed by atoms with Gasteiger partial charge in [0.15, 0.2) is 0 Å². The van der Waals surface area contributed by atoms with Gasteiger partial charge in [-0.3, -0.25) is 14.9 Å². The van der Waals surface area contributed by atoms with Crippen LogP contribution in [0.4, 0.5) is 23.8 Å². The van der Waals surface area contributed by atoms with E-state index in [4.69, 9.17) is 0 Å². The Bertz CT molecular complexity index is 1190. The van der Waals surface area contributed by atoms with Crippen LogP contribution in [0.1, 0.15) is 45.8 Å². The fourth-order valence-electron chi connectivity index (χ4n) is 4.75. The number of carbonyl (C=O) groups excluding carboxylic acids is 3. The molecule has 0 spiro atoms. The number of nitrogens with one attached hydrogen (secondary N) is 2. The van der Waals surface area contributed by atoms with Gasteiger partial charge in [-0.25, -0.2) is 9.78 Å². The van der Waals surface area contributed by atoms with Crippen molar-refractivity contribution < 1.29 is 27.6 Å². The predicted octanol–water partition coefficient (Wildman–Crippen LogP) is 2.83. The second kappa shape index (κ2) is 8.24. The van der Waals surface area contributed by atoms with Crippen LogP contribution < -0.4 is 15.5 Å². The highest BCUT2D eigenvalue weighted by Crippen LogP contribution is 2.42. The van der Waals surface area contributed by atoms with Crippen LogP contribution in [0.5, 0.6) is 0 Å². The smallest absolute Gasteiger partial charge is 0.353 e. The van der Waals surface area contributed by atoms with Crippen LogP contribution in [-0.4, -0.2) is 60.1 Å². The third kappa shape index (κ3) is 3.98. The molecule has 0 radical (unpaired) electrons. The number of piperazine rings is 1. The summed E-state index contributed by atoms with van der Waals surface area (Å²) in [6.07, 6.45) is -0.712. The number of anilines is 1. The number of aryl methyl sites for hydroxylation is 1. The standard InChI is InChI=1S/C24H24F3N5O3/c1-14-12-17(15-2-3-15)13-28-19(14)31-8-10-32(11-9-31)20(33)16-4-6-18(7-5-16)23(24(25,26)27)21(34)29-22(35)30-23/h4-7,12-13,15H,2-3,8-11H2,1H3,(H2,29,30,34,35). The van der Waals surface area contributed by atoms with Crippen molar-refractivity contribution in [3.8, 4) is 0 Å². The Morgan fingerprint density at radius 3 is 2.26 bits per heavy atom. The summed E-state index contributed by atoms with van der Waals surface area (Å²) in [5.41, 5.74) is -1.08. The van der Waals surface area contributed by atoms with E-state index in [1.54, 1.807) is 15.5 Å². The Hall–Kier alpha value is -3.63. The van der Waals surface area contributed by atoms with E-state index >= 15 is 0 Å². The predicted molar refractivity (Wildman–Crippen MR) is 120 cm³/mol. The highest BCUT2D eigenvalue weighted by Gasteiger charge is 2.66. The van der Waals surface area contributed by atoms with Gasteiger partial charge in [-0.2, -0.15) is 13.2 Å². The number of carbonyl (C=O) groups is 3. The lowest BCUT2D eigenvalue weighted by Gasteiger charge is -2.36. The van der Waals surface area contributed by atoms with Crippen LogP contribution in [0.3, 0.4) is 0 Å². The van der Waals surface area contributed by atoms with Crippen molar-refractivity contribution in [2.75, 3.05) is 31.1 Å². The molecule has 2 aromatic rings. The molecule has 35 heavy (non-hydrogen) atoms. The molecule has 4 amide bonds. The maximum absolute atomic E-state index is 13.8. The van der Waals surface area contributed by atoms with Crippen molar-refractivity contribution in [1.82, 2.24) is 20.5 Å². The first kappa shape index (κ1) is 23.1. The minimum atomic E-state index is -5.06. The number of halogens is 3. The Morgan fingerprint density at radius 1 is 1.09 bits per heavy atom. The average molecular weight is 487 g/mol. The Morgan fingerprint density at radius 2 is 1.74 bits per heavy atom. The van der Waals surface area contributed by atoms with Crippen LogP contribution in [0.25, 0.3) is 0 Å². The topological polar surface area (TPSA) is 94.6 Å². The van der Waals surface area contributed by atoms with Gasteiger partial charge < -0.3 is 15.1 Å². The fourth-order valence-corrected chi connectivity index (χ4v) is 4.75. The molecule has 3 aliphatic rings. The number of hydrogen-bond donors (Lipinski definition) is 2. The summed E-state index contributed by atoms with van der Waals surface area (Å²) in [5.74, 6) is -0.285. The molecular formula is C24H24F3N5O3. The summed E-state index contributed by atoms with van der Waals surface area (Å²) in [7, 11) is 0. The molecule has 1 unspecified atom stereocenters. The van der Waals surface area contributed by atoms with Gasteiger partial charge in [-0.1, -0.05) is 18.2 Å². The number of rotatable bonds is 4. The van der Waals surface area contributed by atoms with Crippen LogP contribution in [0.2, 0.25) is 0 Å². The minimum Gasteiger partial charge on any atom is -0.353 e. The van der Waals surface area contributed by atoms with Gasteiger partial charge in [0.25, 0.3) is 11.8 Å². The molecular weight excluding hydrogens is 463 g/mol. The molecule has 1 atom stereocenters. The van der Waals surface area contributed by atoms with E-state index in [-0.39, 0.29) is 11.5 Å². The van der Waals surface area contributed by atoms with Gasteiger partial charge in [0, 0.05) is 37.9 Å². The summed E-state index contributed by atoms with van der Waals surface area (Å²) < 4.78 is 41.4. The van der Waals surface area contributed by atoms with E-state index in [9.17, 15) is 27.6 Å². The van der Waals surface area contributed by atoms with Crippen molar-refractivity contribution in [3.63, 3.8) is 0 Å². The fraction of sp³-hybridized carbons (Fsp3) is 0.417. The molecule has 184 valence electrons. The number of imide groups is 1. The highest BCUT2D eigenvalue weighted by atomic mass is 19.4. The molecule has 5 rings (SSSR count). The zero-order valence-corrected chi connectivity index (χ0v) is 19.0. The molecule has 1 aliphatic carbocycles. The zero-order valence-electron chi connectivity index (χ0n) is 19.0. The van der Waals surface area contributed by atoms with E-state index in [2.05, 4.69) is 16.0 Å². The summed E-state index contributed by atoms with van der Waals surface area (Å²) in [6.45, 7) is 4.09. The van der Waals surface area contributed by atoms with E-state index in [1.165, 1.54) is 30.5 Å². The van der Waals surface area contributed by atoms with Crippen LogP contribution in [0.15, 0.2) is 36.5 Å². The number of amides is 4. The Labute approximate surface area is 199 Å². The Balaban J connectivity index is 1.27. The molecule has 2 N–H and O–H groups in total. The lowest BCUT2D eigenvalue weighted by Crippen LogP contribution is -2.55. The number of urea groups is 1. The number of hydrogen-bond acceptors (Lipinski definition) is 5. The lowest BCUT2D eigenvalue weighted by molar-refractivity contribution is -0.195. The average Bonchev–Trinajstić information content (AvgIpc) is 3.62. The molecule has 3 fully saturated rings. The molecule has 8 nitrogen and oxygen atoms in total. The van der Waals surface area contributed by atoms with E-state index in [0.717, 1.165) is 23.5 Å². The second-order valence-corrected chi connectivity index (χ2v) is 9.20. The summed E-state index contributed by atoms with van der Waals surface area (Å²) in [6, 6.07) is 5.56. The lowest BCUT2D eigenvalue weighted by atomic mass is 9.88. The summed E-state index contributed by atoms with van der Waals surface area (Å²) in [4.78, 5) is 44.9. The third-order valence-electron chi connectivity index (χ3n) is 6.85. The first-order valence-corrected chi connectivity index (χ1v) is 11.4. The molecule has 2 aliphatic heterocycles. The quantitative estimate of drug-likeness (QED) is 0.647. The molecule has 11 heteroatoms. The second-order valence-electron chi connectivity index (χ2n) is 9.20. The van der Waals surface area contributed by atoms with E-state index in [1.807, 2.05) is 13.1 Å². The van der Waals surface area contributed by atoms with Crippen molar-refractivity contribution in [1.29, 1.82) is 0 Å². The molecule has 2 saturated heterocycles. The van der Waals surface area contributed by atoms with Gasteiger partial charge in [0.2, 0.25) is 5.54 Å². The largest absolute Gasteiger partial charge is 0.425 e. The van der Waals surface area contributed by atoms with Gasteiger partial charge in [0.1, 0.15) is 5.82 Å². The maximum atomic E-state index is 13.8. The number of nitrogens with zero attached hydrogens (tertiary/aromatic N) is 3. The monoisotopic (exact) mass is 487 g/mol. The molecule has 1 saturated carbocycles. The SMILES string of the molecule is Cc1cc(C2CC2)cnc1N1CCN(C(=O)c2ccc(C3(C(F)(F)F)NC(=O)NC3=O)cc2)CC1. The van der Waals surface area contributed by atoms with Gasteiger partial charge >= 0.3 is 12.2 Å². The molecule has 1 aromatic heterocycles. The van der Waals surface area contributed by atoms with Crippen LogP contribution >= 0.6 is 0 Å². The number of pyridine rings is 1. The first-order valence-electron chi connectivity index (χ1n) is 11.4. The highest BCUT2D eigenvalue weighted by molar-refractivity contribution is 6.08. The number of benzene rings is 1. The Kier molecular flexibility index (Phi) is 5.45. The number of alkyl halides is 3.